The standard InChI is InChI=1S/C36H51N15O24P4/c1-4-66-6-5-14-15(70-32(21(14)52)51-13-48(2)20-29(51)45-36(39)47-31(20)56)7-68-77(59,60)74-79(63,64)75-78(61,62)69-9-17-24(25(65-3)34(72-17)49-11-42-18-26(37)40-10-41-27(18)49)73-76(57,58)67-8-16-22(53)23(54)33(71-16)50-12-43-19-28(50)44-35(38)46-30(19)55/h10-17,21-25,32-34,52-54H,4-9H2,1-3H3,(H11-,37,38,39,40,41,44,45,46,47,55,56,57,58,59,60,61,62,63,64)/p+1/t14-,15-,16-,17-,21-,22-,23-,24-,25-,32-,33-,34-/m1/s1. The molecule has 6 aromatic heterocycles. The number of methoxy groups -OCH3 is 1. The van der Waals surface area contributed by atoms with Crippen molar-refractivity contribution in [2.24, 2.45) is 13.0 Å². The number of phosphoric ester groups is 3. The Morgan fingerprint density at radius 1 is 0.671 bits per heavy atom. The number of rotatable bonds is 23. The molecule has 6 aromatic rings. The molecule has 15 N–H and O–H groups in total. The molecule has 9 rings (SSSR count). The summed E-state index contributed by atoms with van der Waals surface area (Å²) in [6.07, 6.45) is -12.7. The number of hydrogen-bond acceptors (Lipinski definition) is 29. The number of aryl methyl sites for hydroxylation is 1. The first-order chi connectivity index (χ1) is 37.2. The summed E-state index contributed by atoms with van der Waals surface area (Å²) in [4.78, 5) is 96.8. The molecule has 39 nitrogen and oxygen atoms in total. The summed E-state index contributed by atoms with van der Waals surface area (Å²) in [5.41, 5.74) is 15.8. The maximum absolute atomic E-state index is 13.7. The number of nitrogens with one attached hydrogen (secondary N) is 2. The summed E-state index contributed by atoms with van der Waals surface area (Å²) in [7, 11) is -20.8. The van der Waals surface area contributed by atoms with E-state index in [4.69, 9.17) is 59.0 Å². The van der Waals surface area contributed by atoms with E-state index in [1.165, 1.54) is 27.1 Å². The number of aliphatic hydroxyl groups excluding tert-OH is 3. The molecule has 0 aromatic carbocycles. The molecular formula is C36H52N15O24P4+. The van der Waals surface area contributed by atoms with Crippen LogP contribution in [0.5, 0.6) is 0 Å². The second-order valence-electron chi connectivity index (χ2n) is 17.6. The normalized spacial score (nSPS) is 29.5. The fourth-order valence-corrected chi connectivity index (χ4v) is 13.6. The molecular weight excluding hydrogens is 1150 g/mol. The quantitative estimate of drug-likeness (QED) is 0.0172. The molecule has 9 heterocycles. The molecule has 0 radical (unpaired) electrons. The summed E-state index contributed by atoms with van der Waals surface area (Å²) in [5.74, 6) is -1.59. The SMILES string of the molecule is CCOCC[C@H]1[C@@H](O)[C@H](n2c[n+](C)c3c(=O)[nH]c(N)nc32)O[C@@H]1COP(=O)(O)OP(=O)(O)OP(=O)(O)OC[C@H]1O[C@@H](n2cnc3c(N)ncnc32)[C@H](OC)[C@@H]1OP(=O)(O)OC[C@H]1O[C@@H](n2cnc3c(=O)[nH]c(N)nc32)[C@H](O)[C@@H]1O. The zero-order valence-electron chi connectivity index (χ0n) is 41.0. The first kappa shape index (κ1) is 58.5. The second-order valence-corrected chi connectivity index (χ2v) is 23.7. The predicted octanol–water partition coefficient (Wildman–Crippen LogP) is -3.03. The number of aromatic nitrogens is 12. The number of fused-ring (bicyclic) bond motifs is 3. The van der Waals surface area contributed by atoms with Crippen LogP contribution in [0, 0.1) is 5.92 Å². The Morgan fingerprint density at radius 2 is 1.24 bits per heavy atom. The van der Waals surface area contributed by atoms with E-state index in [2.05, 4.69) is 48.5 Å². The minimum atomic E-state index is -6.18. The lowest BCUT2D eigenvalue weighted by atomic mass is 9.95. The van der Waals surface area contributed by atoms with Crippen LogP contribution in [0.2, 0.25) is 0 Å². The first-order valence-electron chi connectivity index (χ1n) is 23.1. The number of ether oxygens (including phenoxy) is 5. The van der Waals surface area contributed by atoms with Crippen LogP contribution in [0.1, 0.15) is 32.0 Å². The van der Waals surface area contributed by atoms with Gasteiger partial charge in [0.15, 0.2) is 35.1 Å². The Bertz CT molecular complexity index is 3550. The molecule has 3 saturated heterocycles. The van der Waals surface area contributed by atoms with Gasteiger partial charge in [0.2, 0.25) is 24.5 Å². The minimum absolute atomic E-state index is 0.00381. The van der Waals surface area contributed by atoms with Gasteiger partial charge in [0, 0.05) is 26.2 Å². The van der Waals surface area contributed by atoms with Gasteiger partial charge in [0.25, 0.3) is 16.7 Å². The summed E-state index contributed by atoms with van der Waals surface area (Å²) >= 11 is 0. The molecule has 16 atom stereocenters. The van der Waals surface area contributed by atoms with Crippen molar-refractivity contribution in [3.63, 3.8) is 0 Å². The molecule has 3 aliphatic rings. The van der Waals surface area contributed by atoms with Crippen molar-refractivity contribution in [2.45, 2.75) is 80.9 Å². The number of nitrogens with zero attached hydrogens (tertiary/aromatic N) is 10. The van der Waals surface area contributed by atoms with Gasteiger partial charge in [-0.05, 0) is 13.3 Å². The monoisotopic (exact) mass is 1200 g/mol. The van der Waals surface area contributed by atoms with E-state index < -0.39 is 136 Å². The van der Waals surface area contributed by atoms with E-state index in [1.54, 1.807) is 6.92 Å². The Balaban J connectivity index is 0.872. The molecule has 43 heteroatoms. The molecule has 0 amide bonds. The van der Waals surface area contributed by atoms with Gasteiger partial charge in [-0.3, -0.25) is 46.8 Å². The molecule has 0 spiro atoms. The molecule has 4 unspecified atom stereocenters. The third-order valence-corrected chi connectivity index (χ3v) is 17.8. The van der Waals surface area contributed by atoms with E-state index in [-0.39, 0.29) is 70.8 Å². The third-order valence-electron chi connectivity index (χ3n) is 12.5. The zero-order chi connectivity index (χ0) is 57.1. The number of imidazole rings is 3. The van der Waals surface area contributed by atoms with Crippen LogP contribution < -0.4 is 32.9 Å². The number of anilines is 3. The van der Waals surface area contributed by atoms with Gasteiger partial charge >= 0.3 is 36.9 Å². The van der Waals surface area contributed by atoms with Crippen LogP contribution >= 0.6 is 31.3 Å². The maximum Gasteiger partial charge on any atom is 0.490 e. The topological polar surface area (TPSA) is 551 Å². The second kappa shape index (κ2) is 22.7. The van der Waals surface area contributed by atoms with Crippen molar-refractivity contribution in [3.8, 4) is 0 Å². The van der Waals surface area contributed by atoms with Gasteiger partial charge in [0.1, 0.15) is 54.6 Å². The molecule has 0 aliphatic carbocycles. The van der Waals surface area contributed by atoms with Gasteiger partial charge in [-0.1, -0.05) is 0 Å². The largest absolute Gasteiger partial charge is 0.490 e. The van der Waals surface area contributed by atoms with Crippen molar-refractivity contribution in [2.75, 3.05) is 57.3 Å². The lowest BCUT2D eigenvalue weighted by Crippen LogP contribution is -2.38. The van der Waals surface area contributed by atoms with Gasteiger partial charge in [-0.2, -0.15) is 23.2 Å². The number of H-pyrrole nitrogens is 2. The van der Waals surface area contributed by atoms with Crippen LogP contribution in [0.4, 0.5) is 17.7 Å². The zero-order valence-corrected chi connectivity index (χ0v) is 44.6. The van der Waals surface area contributed by atoms with Crippen molar-refractivity contribution >= 4 is 82.5 Å². The van der Waals surface area contributed by atoms with Crippen LogP contribution in [0.3, 0.4) is 0 Å². The summed E-state index contributed by atoms with van der Waals surface area (Å²) in [6.45, 7) is -1.12. The molecule has 79 heavy (non-hydrogen) atoms. The van der Waals surface area contributed by atoms with E-state index in [0.29, 0.717) is 0 Å². The van der Waals surface area contributed by atoms with Gasteiger partial charge in [0.05, 0.1) is 45.6 Å². The van der Waals surface area contributed by atoms with Gasteiger partial charge < -0.3 is 75.8 Å². The maximum atomic E-state index is 13.7. The Kier molecular flexibility index (Phi) is 16.8. The highest BCUT2D eigenvalue weighted by atomic mass is 31.3. The van der Waals surface area contributed by atoms with Crippen LogP contribution in [-0.2, 0) is 75.7 Å². The number of aliphatic hydroxyl groups is 3. The number of phosphoric acid groups is 4. The minimum Gasteiger partial charge on any atom is -0.387 e. The van der Waals surface area contributed by atoms with E-state index in [0.717, 1.165) is 30.7 Å². The van der Waals surface area contributed by atoms with Crippen molar-refractivity contribution in [1.29, 1.82) is 0 Å². The lowest BCUT2D eigenvalue weighted by Gasteiger charge is -2.26. The smallest absolute Gasteiger partial charge is 0.387 e. The van der Waals surface area contributed by atoms with Gasteiger partial charge in [-0.25, -0.2) is 42.8 Å². The number of hydrogen-bond donors (Lipinski definition) is 12. The Labute approximate surface area is 440 Å². The van der Waals surface area contributed by atoms with E-state index in [9.17, 15) is 62.7 Å². The lowest BCUT2D eigenvalue weighted by molar-refractivity contribution is -0.646. The van der Waals surface area contributed by atoms with Crippen molar-refractivity contribution in [3.05, 3.63) is 46.0 Å². The average Bonchev–Trinajstić information content (AvgIpc) is 4.43. The molecule has 3 aliphatic heterocycles. The number of aromatic amines is 2. The Hall–Kier alpha value is -5.15. The molecule has 0 saturated carbocycles. The first-order valence-corrected chi connectivity index (χ1v) is 29.1. The van der Waals surface area contributed by atoms with Crippen LogP contribution in [-0.4, -0.2) is 177 Å². The average molecular weight is 1200 g/mol. The van der Waals surface area contributed by atoms with E-state index >= 15 is 0 Å². The highest BCUT2D eigenvalue weighted by molar-refractivity contribution is 7.66. The fraction of sp³-hybridized carbons (Fsp3) is 0.583. The molecule has 434 valence electrons. The fourth-order valence-electron chi connectivity index (χ4n) is 9.10. The molecule has 0 bridgehead atoms. The summed E-state index contributed by atoms with van der Waals surface area (Å²) < 4.78 is 116. The summed E-state index contributed by atoms with van der Waals surface area (Å²) in [5, 5.41) is 33.2. The van der Waals surface area contributed by atoms with Gasteiger partial charge in [-0.15, -0.1) is 0 Å². The highest BCUT2D eigenvalue weighted by Gasteiger charge is 2.54. The van der Waals surface area contributed by atoms with Crippen LogP contribution in [0.15, 0.2) is 34.9 Å². The number of nitrogen functional groups attached to an aromatic ring is 3. The van der Waals surface area contributed by atoms with Crippen molar-refractivity contribution < 1.29 is 108 Å². The third kappa shape index (κ3) is 12.2. The predicted molar refractivity (Wildman–Crippen MR) is 258 cm³/mol. The summed E-state index contributed by atoms with van der Waals surface area (Å²) in [6, 6.07) is 0. The highest BCUT2D eigenvalue weighted by Crippen LogP contribution is 2.68. The van der Waals surface area contributed by atoms with Crippen LogP contribution in [0.25, 0.3) is 33.5 Å². The van der Waals surface area contributed by atoms with Crippen molar-refractivity contribution in [1.82, 2.24) is 53.6 Å². The van der Waals surface area contributed by atoms with E-state index in [1.807, 2.05) is 0 Å². The Morgan fingerprint density at radius 3 is 1.91 bits per heavy atom. The molecule has 3 fully saturated rings. The number of nitrogens with two attached hydrogens (primary N) is 3.